The molecule has 0 amide bonds. The second-order valence-corrected chi connectivity index (χ2v) is 13.7. The van der Waals surface area contributed by atoms with Gasteiger partial charge in [-0.3, -0.25) is 14.7 Å². The predicted octanol–water partition coefficient (Wildman–Crippen LogP) is 7.44. The molecule has 252 valence electrons. The molecule has 6 nitrogen and oxygen atoms in total. The lowest BCUT2D eigenvalue weighted by Gasteiger charge is -2.35. The number of piperidine rings is 1. The molecule has 0 unspecified atom stereocenters. The minimum Gasteiger partial charge on any atom is -0.497 e. The van der Waals surface area contributed by atoms with Crippen molar-refractivity contribution in [2.45, 2.75) is 69.4 Å². The summed E-state index contributed by atoms with van der Waals surface area (Å²) in [6, 6.07) is 18.7. The van der Waals surface area contributed by atoms with Gasteiger partial charge in [0.1, 0.15) is 29.9 Å². The lowest BCUT2D eigenvalue weighted by atomic mass is 9.86. The first-order valence-electron chi connectivity index (χ1n) is 17.1. The maximum Gasteiger partial charge on any atom is 0.323 e. The Morgan fingerprint density at radius 3 is 2.45 bits per heavy atom. The maximum atomic E-state index is 14.8. The van der Waals surface area contributed by atoms with Crippen LogP contribution in [0.5, 0.6) is 5.75 Å². The number of aromatic nitrogens is 1. The molecule has 1 saturated carbocycles. The van der Waals surface area contributed by atoms with E-state index < -0.39 is 5.92 Å². The van der Waals surface area contributed by atoms with Crippen LogP contribution in [0.1, 0.15) is 67.7 Å². The summed E-state index contributed by atoms with van der Waals surface area (Å²) in [7, 11) is 1.62. The predicted molar refractivity (Wildman–Crippen MR) is 175 cm³/mol. The van der Waals surface area contributed by atoms with Gasteiger partial charge in [0.15, 0.2) is 0 Å². The van der Waals surface area contributed by atoms with Crippen LogP contribution in [0.25, 0.3) is 0 Å². The summed E-state index contributed by atoms with van der Waals surface area (Å²) in [6.45, 7) is 4.13. The van der Waals surface area contributed by atoms with Crippen molar-refractivity contribution in [2.24, 2.45) is 17.8 Å². The SMILES string of the molecule is COc1ccc(COC(=O)[C@@H](CC2CC2)N2C[C@H](CN3CCC(CCC(F)(F)c4ccccn4)CC3)[C@@H](c3cccc(F)c3)C2)cc1. The van der Waals surface area contributed by atoms with Crippen molar-refractivity contribution < 1.29 is 27.4 Å². The summed E-state index contributed by atoms with van der Waals surface area (Å²) in [5.74, 6) is -1.55. The van der Waals surface area contributed by atoms with E-state index in [1.54, 1.807) is 31.4 Å². The Morgan fingerprint density at radius 2 is 1.77 bits per heavy atom. The number of carbonyl (C=O) groups is 1. The third-order valence-electron chi connectivity index (χ3n) is 10.4. The molecule has 3 atom stereocenters. The fourth-order valence-corrected chi connectivity index (χ4v) is 7.38. The standard InChI is InChI=1S/C38H46F3N3O3/c1-46-33-12-10-29(11-13-33)26-47-37(45)35(21-28-8-9-28)44-24-31(34(25-44)30-5-4-6-32(39)22-30)23-43-19-15-27(16-20-43)14-17-38(40,41)36-7-2-3-18-42-36/h2-7,10-13,18,22,27-28,31,34-35H,8-9,14-17,19-21,23-26H2,1H3/t31-,34+,35+/m0/s1. The molecule has 0 bridgehead atoms. The number of ether oxygens (including phenoxy) is 2. The number of esters is 1. The van der Waals surface area contributed by atoms with E-state index in [1.807, 2.05) is 30.3 Å². The number of alkyl halides is 2. The van der Waals surface area contributed by atoms with Crippen LogP contribution < -0.4 is 4.74 Å². The molecule has 3 aromatic rings. The maximum absolute atomic E-state index is 14.8. The van der Waals surface area contributed by atoms with Gasteiger partial charge in [0.25, 0.3) is 5.92 Å². The van der Waals surface area contributed by atoms with Crippen molar-refractivity contribution in [2.75, 3.05) is 39.8 Å². The molecule has 0 radical (unpaired) electrons. The molecule has 3 aliphatic rings. The van der Waals surface area contributed by atoms with E-state index in [-0.39, 0.29) is 54.3 Å². The molecule has 1 aliphatic carbocycles. The van der Waals surface area contributed by atoms with Gasteiger partial charge >= 0.3 is 5.97 Å². The highest BCUT2D eigenvalue weighted by molar-refractivity contribution is 5.76. The quantitative estimate of drug-likeness (QED) is 0.169. The molecule has 1 aromatic heterocycles. The molecule has 6 rings (SSSR count). The van der Waals surface area contributed by atoms with Gasteiger partial charge in [-0.2, -0.15) is 8.78 Å². The Morgan fingerprint density at radius 1 is 0.979 bits per heavy atom. The summed E-state index contributed by atoms with van der Waals surface area (Å²) in [5.41, 5.74) is 1.71. The van der Waals surface area contributed by atoms with Crippen LogP contribution in [0.2, 0.25) is 0 Å². The van der Waals surface area contributed by atoms with Crippen molar-refractivity contribution in [3.63, 3.8) is 0 Å². The monoisotopic (exact) mass is 649 g/mol. The molecule has 3 heterocycles. The van der Waals surface area contributed by atoms with Gasteiger partial charge in [-0.15, -0.1) is 0 Å². The van der Waals surface area contributed by atoms with Gasteiger partial charge in [0.05, 0.1) is 7.11 Å². The fraction of sp³-hybridized carbons (Fsp3) is 0.526. The van der Waals surface area contributed by atoms with Crippen molar-refractivity contribution in [1.29, 1.82) is 0 Å². The first-order valence-corrected chi connectivity index (χ1v) is 17.1. The van der Waals surface area contributed by atoms with Gasteiger partial charge < -0.3 is 14.4 Å². The lowest BCUT2D eigenvalue weighted by Crippen LogP contribution is -2.42. The Labute approximate surface area is 276 Å². The van der Waals surface area contributed by atoms with Gasteiger partial charge in [-0.25, -0.2) is 4.39 Å². The van der Waals surface area contributed by atoms with Crippen LogP contribution in [0.4, 0.5) is 13.2 Å². The number of nitrogens with zero attached hydrogens (tertiary/aromatic N) is 3. The number of rotatable bonds is 14. The number of methoxy groups -OCH3 is 1. The summed E-state index contributed by atoms with van der Waals surface area (Å²) >= 11 is 0. The highest BCUT2D eigenvalue weighted by Gasteiger charge is 2.43. The number of carbonyl (C=O) groups excluding carboxylic acids is 1. The van der Waals surface area contributed by atoms with E-state index in [0.717, 1.165) is 75.2 Å². The van der Waals surface area contributed by atoms with Gasteiger partial charge in [0, 0.05) is 38.2 Å². The summed E-state index contributed by atoms with van der Waals surface area (Å²) in [6.07, 6.45) is 6.50. The van der Waals surface area contributed by atoms with Gasteiger partial charge in [0.2, 0.25) is 0 Å². The molecule has 3 fully saturated rings. The van der Waals surface area contributed by atoms with Crippen molar-refractivity contribution in [3.05, 3.63) is 95.6 Å². The minimum absolute atomic E-state index is 0.0802. The summed E-state index contributed by atoms with van der Waals surface area (Å²) in [5, 5.41) is 0. The average Bonchev–Trinajstić information content (AvgIpc) is 3.83. The molecular formula is C38H46F3N3O3. The topological polar surface area (TPSA) is 54.9 Å². The van der Waals surface area contributed by atoms with E-state index in [9.17, 15) is 18.0 Å². The summed E-state index contributed by atoms with van der Waals surface area (Å²) < 4.78 is 55.1. The van der Waals surface area contributed by atoms with Crippen LogP contribution in [0.15, 0.2) is 72.9 Å². The van der Waals surface area contributed by atoms with Crippen molar-refractivity contribution in [1.82, 2.24) is 14.8 Å². The van der Waals surface area contributed by atoms with Crippen LogP contribution >= 0.6 is 0 Å². The zero-order valence-electron chi connectivity index (χ0n) is 27.2. The van der Waals surface area contributed by atoms with Gasteiger partial charge in [-0.05, 0) is 104 Å². The number of hydrogen-bond acceptors (Lipinski definition) is 6. The number of likely N-dealkylation sites (tertiary alicyclic amines) is 2. The molecule has 0 N–H and O–H groups in total. The first-order chi connectivity index (χ1) is 22.8. The highest BCUT2D eigenvalue weighted by atomic mass is 19.3. The largest absolute Gasteiger partial charge is 0.497 e. The Hall–Kier alpha value is -3.43. The highest BCUT2D eigenvalue weighted by Crippen LogP contribution is 2.40. The third-order valence-corrected chi connectivity index (χ3v) is 10.4. The Balaban J connectivity index is 1.08. The number of benzene rings is 2. The third kappa shape index (κ3) is 8.93. The van der Waals surface area contributed by atoms with Crippen LogP contribution in [-0.4, -0.2) is 66.6 Å². The smallest absolute Gasteiger partial charge is 0.323 e. The second-order valence-electron chi connectivity index (χ2n) is 13.7. The van der Waals surface area contributed by atoms with Crippen LogP contribution in [0, 0.1) is 23.6 Å². The van der Waals surface area contributed by atoms with Gasteiger partial charge in [-0.1, -0.05) is 43.2 Å². The van der Waals surface area contributed by atoms with E-state index in [2.05, 4.69) is 14.8 Å². The lowest BCUT2D eigenvalue weighted by molar-refractivity contribution is -0.151. The molecule has 0 spiro atoms. The molecule has 47 heavy (non-hydrogen) atoms. The number of hydrogen-bond donors (Lipinski definition) is 0. The van der Waals surface area contributed by atoms with Crippen LogP contribution in [0.3, 0.4) is 0 Å². The zero-order valence-corrected chi connectivity index (χ0v) is 27.2. The van der Waals surface area contributed by atoms with E-state index in [4.69, 9.17) is 9.47 Å². The van der Waals surface area contributed by atoms with E-state index in [0.29, 0.717) is 18.9 Å². The summed E-state index contributed by atoms with van der Waals surface area (Å²) in [4.78, 5) is 22.2. The van der Waals surface area contributed by atoms with Crippen LogP contribution in [-0.2, 0) is 22.1 Å². The second kappa shape index (κ2) is 15.2. The minimum atomic E-state index is -2.92. The van der Waals surface area contributed by atoms with Crippen molar-refractivity contribution >= 4 is 5.97 Å². The first kappa shape index (κ1) is 33.5. The Kier molecular flexibility index (Phi) is 10.8. The zero-order chi connectivity index (χ0) is 32.8. The molecule has 9 heteroatoms. The molecule has 2 aliphatic heterocycles. The molecular weight excluding hydrogens is 603 g/mol. The molecule has 2 saturated heterocycles. The van der Waals surface area contributed by atoms with E-state index >= 15 is 0 Å². The van der Waals surface area contributed by atoms with E-state index in [1.165, 1.54) is 18.3 Å². The normalized spacial score (nSPS) is 21.9. The van der Waals surface area contributed by atoms with Crippen molar-refractivity contribution in [3.8, 4) is 5.75 Å². The number of pyridine rings is 1. The Bertz CT molecular complexity index is 1450. The fourth-order valence-electron chi connectivity index (χ4n) is 7.38. The molecule has 2 aromatic carbocycles. The average molecular weight is 650 g/mol. The number of halogens is 3.